The van der Waals surface area contributed by atoms with Crippen molar-refractivity contribution in [2.24, 2.45) is 5.92 Å². The molecule has 3 heterocycles. The summed E-state index contributed by atoms with van der Waals surface area (Å²) in [4.78, 5) is 9.17. The molecule has 1 aromatic rings. The Morgan fingerprint density at radius 3 is 2.91 bits per heavy atom. The Morgan fingerprint density at radius 2 is 2.14 bits per heavy atom. The van der Waals surface area contributed by atoms with Gasteiger partial charge in [-0.15, -0.1) is 0 Å². The Balaban J connectivity index is 1.63. The number of anilines is 1. The molecule has 0 amide bonds. The lowest BCUT2D eigenvalue weighted by Gasteiger charge is -2.37. The summed E-state index contributed by atoms with van der Waals surface area (Å²) < 4.78 is 5.41. The molecule has 0 spiro atoms. The van der Waals surface area contributed by atoms with Crippen LogP contribution in [0.4, 0.5) is 5.82 Å². The van der Waals surface area contributed by atoms with Gasteiger partial charge in [-0.1, -0.05) is 11.6 Å². The fourth-order valence-corrected chi connectivity index (χ4v) is 3.40. The molecule has 0 bridgehead atoms. The van der Waals surface area contributed by atoms with Gasteiger partial charge in [0.25, 0.3) is 0 Å². The van der Waals surface area contributed by atoms with Crippen molar-refractivity contribution >= 4 is 17.4 Å². The van der Waals surface area contributed by atoms with E-state index in [0.717, 1.165) is 51.8 Å². The van der Waals surface area contributed by atoms with E-state index in [2.05, 4.69) is 20.9 Å². The summed E-state index contributed by atoms with van der Waals surface area (Å²) in [6, 6.07) is 5.75. The van der Waals surface area contributed by atoms with Crippen molar-refractivity contribution in [2.75, 3.05) is 50.8 Å². The number of hydrogen-bond acceptors (Lipinski definition) is 5. The normalized spacial score (nSPS) is 23.3. The standard InChI is InChI=1S/C16H21ClN4O/c17-14-3-4-16(19-15(14)10-18)21-5-1-2-13(12-21)11-20-6-8-22-9-7-20/h3-4,13H,1-2,5-9,11-12H2/t13-/m0/s1. The molecule has 0 unspecified atom stereocenters. The molecule has 2 aliphatic rings. The van der Waals surface area contributed by atoms with Crippen LogP contribution in [0.15, 0.2) is 12.1 Å². The summed E-state index contributed by atoms with van der Waals surface area (Å²) in [5.41, 5.74) is 0.314. The maximum absolute atomic E-state index is 9.08. The van der Waals surface area contributed by atoms with Crippen LogP contribution in [0.25, 0.3) is 0 Å². The SMILES string of the molecule is N#Cc1nc(N2CCC[C@@H](CN3CCOCC3)C2)ccc1Cl. The van der Waals surface area contributed by atoms with Crippen molar-refractivity contribution in [3.05, 3.63) is 22.8 Å². The topological polar surface area (TPSA) is 52.4 Å². The van der Waals surface area contributed by atoms with Crippen LogP contribution in [0.2, 0.25) is 5.02 Å². The Hall–Kier alpha value is -1.35. The van der Waals surface area contributed by atoms with Crippen LogP contribution >= 0.6 is 11.6 Å². The number of hydrogen-bond donors (Lipinski definition) is 0. The number of ether oxygens (including phenoxy) is 1. The average molecular weight is 321 g/mol. The molecule has 0 radical (unpaired) electrons. The highest BCUT2D eigenvalue weighted by Crippen LogP contribution is 2.25. The number of nitriles is 1. The van der Waals surface area contributed by atoms with E-state index in [1.165, 1.54) is 12.8 Å². The fraction of sp³-hybridized carbons (Fsp3) is 0.625. The van der Waals surface area contributed by atoms with E-state index in [9.17, 15) is 0 Å². The van der Waals surface area contributed by atoms with Gasteiger partial charge < -0.3 is 9.64 Å². The number of rotatable bonds is 3. The van der Waals surface area contributed by atoms with Crippen LogP contribution in [0.5, 0.6) is 0 Å². The molecule has 5 nitrogen and oxygen atoms in total. The molecule has 22 heavy (non-hydrogen) atoms. The molecule has 0 N–H and O–H groups in total. The van der Waals surface area contributed by atoms with Crippen molar-refractivity contribution in [1.29, 1.82) is 5.26 Å². The number of nitrogens with zero attached hydrogens (tertiary/aromatic N) is 4. The average Bonchev–Trinajstić information content (AvgIpc) is 2.56. The summed E-state index contributed by atoms with van der Waals surface area (Å²) >= 11 is 5.97. The van der Waals surface area contributed by atoms with E-state index in [1.54, 1.807) is 6.07 Å². The monoisotopic (exact) mass is 320 g/mol. The zero-order valence-corrected chi connectivity index (χ0v) is 13.4. The zero-order chi connectivity index (χ0) is 15.4. The van der Waals surface area contributed by atoms with Crippen LogP contribution < -0.4 is 4.90 Å². The molecule has 3 rings (SSSR count). The summed E-state index contributed by atoms with van der Waals surface area (Å²) in [5, 5.41) is 9.50. The van der Waals surface area contributed by atoms with Gasteiger partial charge in [-0.25, -0.2) is 4.98 Å². The molecule has 1 aromatic heterocycles. The lowest BCUT2D eigenvalue weighted by Crippen LogP contribution is -2.44. The number of pyridine rings is 1. The highest BCUT2D eigenvalue weighted by atomic mass is 35.5. The van der Waals surface area contributed by atoms with E-state index >= 15 is 0 Å². The smallest absolute Gasteiger partial charge is 0.161 e. The van der Waals surface area contributed by atoms with Gasteiger partial charge in [0.2, 0.25) is 0 Å². The van der Waals surface area contributed by atoms with Crippen LogP contribution in [-0.2, 0) is 4.74 Å². The van der Waals surface area contributed by atoms with Gasteiger partial charge in [-0.2, -0.15) is 5.26 Å². The Morgan fingerprint density at radius 1 is 1.32 bits per heavy atom. The van der Waals surface area contributed by atoms with Crippen molar-refractivity contribution in [2.45, 2.75) is 12.8 Å². The lowest BCUT2D eigenvalue weighted by molar-refractivity contribution is 0.0296. The zero-order valence-electron chi connectivity index (χ0n) is 12.7. The highest BCUT2D eigenvalue weighted by molar-refractivity contribution is 6.31. The maximum atomic E-state index is 9.08. The molecular weight excluding hydrogens is 300 g/mol. The molecule has 1 atom stereocenters. The van der Waals surface area contributed by atoms with Gasteiger partial charge in [0, 0.05) is 32.7 Å². The number of morpholine rings is 1. The summed E-state index contributed by atoms with van der Waals surface area (Å²) in [6.45, 7) is 6.89. The van der Waals surface area contributed by atoms with E-state index in [4.69, 9.17) is 21.6 Å². The largest absolute Gasteiger partial charge is 0.379 e. The fourth-order valence-electron chi connectivity index (χ4n) is 3.26. The molecule has 2 fully saturated rings. The third-order valence-electron chi connectivity index (χ3n) is 4.40. The first-order chi connectivity index (χ1) is 10.8. The van der Waals surface area contributed by atoms with Gasteiger partial charge in [-0.3, -0.25) is 4.90 Å². The predicted molar refractivity (Wildman–Crippen MR) is 86.2 cm³/mol. The first-order valence-electron chi connectivity index (χ1n) is 7.88. The van der Waals surface area contributed by atoms with E-state index < -0.39 is 0 Å². The minimum absolute atomic E-state index is 0.314. The Bertz CT molecular complexity index is 554. The van der Waals surface area contributed by atoms with Crippen LogP contribution in [0.1, 0.15) is 18.5 Å². The molecule has 2 aliphatic heterocycles. The molecule has 0 aliphatic carbocycles. The second kappa shape index (κ2) is 7.28. The third-order valence-corrected chi connectivity index (χ3v) is 4.71. The Labute approximate surface area is 136 Å². The summed E-state index contributed by atoms with van der Waals surface area (Å²) in [5.74, 6) is 1.52. The minimum Gasteiger partial charge on any atom is -0.379 e. The van der Waals surface area contributed by atoms with Crippen LogP contribution in [0, 0.1) is 17.2 Å². The van der Waals surface area contributed by atoms with Gasteiger partial charge >= 0.3 is 0 Å². The molecule has 6 heteroatoms. The van der Waals surface area contributed by atoms with E-state index in [-0.39, 0.29) is 0 Å². The first-order valence-corrected chi connectivity index (χ1v) is 8.26. The van der Waals surface area contributed by atoms with Gasteiger partial charge in [0.1, 0.15) is 11.9 Å². The highest BCUT2D eigenvalue weighted by Gasteiger charge is 2.24. The van der Waals surface area contributed by atoms with E-state index in [1.807, 2.05) is 6.07 Å². The van der Waals surface area contributed by atoms with Crippen molar-refractivity contribution in [1.82, 2.24) is 9.88 Å². The number of halogens is 1. The molecule has 0 saturated carbocycles. The molecule has 118 valence electrons. The van der Waals surface area contributed by atoms with Gasteiger partial charge in [0.05, 0.1) is 18.2 Å². The van der Waals surface area contributed by atoms with Crippen molar-refractivity contribution in [3.8, 4) is 6.07 Å². The van der Waals surface area contributed by atoms with Crippen LogP contribution in [0.3, 0.4) is 0 Å². The molecule has 2 saturated heterocycles. The minimum atomic E-state index is 0.314. The van der Waals surface area contributed by atoms with Gasteiger partial charge in [-0.05, 0) is 30.9 Å². The summed E-state index contributed by atoms with van der Waals surface area (Å²) in [6.07, 6.45) is 2.42. The van der Waals surface area contributed by atoms with Crippen LogP contribution in [-0.4, -0.2) is 55.8 Å². The Kier molecular flexibility index (Phi) is 5.14. The number of aromatic nitrogens is 1. The molecule has 0 aromatic carbocycles. The van der Waals surface area contributed by atoms with E-state index in [0.29, 0.717) is 16.6 Å². The quantitative estimate of drug-likeness (QED) is 0.854. The second-order valence-electron chi connectivity index (χ2n) is 5.98. The predicted octanol–water partition coefficient (Wildman–Crippen LogP) is 2.16. The second-order valence-corrected chi connectivity index (χ2v) is 6.39. The third kappa shape index (κ3) is 3.70. The van der Waals surface area contributed by atoms with Crippen molar-refractivity contribution in [3.63, 3.8) is 0 Å². The summed E-state index contributed by atoms with van der Waals surface area (Å²) in [7, 11) is 0. The van der Waals surface area contributed by atoms with Crippen molar-refractivity contribution < 1.29 is 4.74 Å². The first kappa shape index (κ1) is 15.5. The number of piperidine rings is 1. The van der Waals surface area contributed by atoms with Gasteiger partial charge in [0.15, 0.2) is 5.69 Å². The maximum Gasteiger partial charge on any atom is 0.161 e. The molecular formula is C16H21ClN4O. The lowest BCUT2D eigenvalue weighted by atomic mass is 9.97.